The minimum Gasteiger partial charge on any atom is -0.496 e. The summed E-state index contributed by atoms with van der Waals surface area (Å²) in [5, 5.41) is 6.81. The molecule has 6 nitrogen and oxygen atoms in total. The van der Waals surface area contributed by atoms with Crippen molar-refractivity contribution in [3.8, 4) is 17.1 Å². The standard InChI is InChI=1S/C18H16IN3O3/c1-24-15-5-3-2-4-14(15)18-21-17(25-22-18)11-10-16(23)20-13-8-6-12(19)7-9-13/h2-9H,10-11H2,1H3,(H,20,23). The number of aromatic nitrogens is 2. The van der Waals surface area contributed by atoms with E-state index >= 15 is 0 Å². The van der Waals surface area contributed by atoms with E-state index < -0.39 is 0 Å². The van der Waals surface area contributed by atoms with Crippen LogP contribution in [0.3, 0.4) is 0 Å². The minimum absolute atomic E-state index is 0.0988. The molecule has 3 aromatic rings. The van der Waals surface area contributed by atoms with Gasteiger partial charge in [0, 0.05) is 22.1 Å². The Morgan fingerprint density at radius 3 is 2.72 bits per heavy atom. The van der Waals surface area contributed by atoms with Gasteiger partial charge < -0.3 is 14.6 Å². The molecule has 0 bridgehead atoms. The Balaban J connectivity index is 1.60. The number of hydrogen-bond acceptors (Lipinski definition) is 5. The lowest BCUT2D eigenvalue weighted by molar-refractivity contribution is -0.116. The van der Waals surface area contributed by atoms with Crippen molar-refractivity contribution in [1.29, 1.82) is 0 Å². The van der Waals surface area contributed by atoms with Crippen LogP contribution in [0.4, 0.5) is 5.69 Å². The number of carbonyl (C=O) groups excluding carboxylic acids is 1. The molecule has 0 spiro atoms. The van der Waals surface area contributed by atoms with Gasteiger partial charge in [0.1, 0.15) is 5.75 Å². The van der Waals surface area contributed by atoms with E-state index in [1.807, 2.05) is 48.5 Å². The molecule has 0 saturated heterocycles. The van der Waals surface area contributed by atoms with Gasteiger partial charge >= 0.3 is 0 Å². The van der Waals surface area contributed by atoms with Crippen molar-refractivity contribution in [2.75, 3.05) is 12.4 Å². The number of halogens is 1. The minimum atomic E-state index is -0.0988. The number of nitrogens with zero attached hydrogens (tertiary/aromatic N) is 2. The van der Waals surface area contributed by atoms with Gasteiger partial charge in [-0.25, -0.2) is 0 Å². The Hall–Kier alpha value is -2.42. The third-order valence-corrected chi connectivity index (χ3v) is 4.23. The number of para-hydroxylation sites is 1. The molecule has 0 unspecified atom stereocenters. The third-order valence-electron chi connectivity index (χ3n) is 3.51. The Morgan fingerprint density at radius 2 is 1.96 bits per heavy atom. The zero-order valence-electron chi connectivity index (χ0n) is 13.5. The number of anilines is 1. The highest BCUT2D eigenvalue weighted by atomic mass is 127. The first-order valence-electron chi connectivity index (χ1n) is 7.67. The molecule has 0 atom stereocenters. The second-order valence-corrected chi connectivity index (χ2v) is 6.51. The molecule has 1 heterocycles. The average molecular weight is 449 g/mol. The molecular formula is C18H16IN3O3. The Bertz CT molecular complexity index is 862. The Labute approximate surface area is 158 Å². The number of carbonyl (C=O) groups is 1. The van der Waals surface area contributed by atoms with Crippen LogP contribution >= 0.6 is 22.6 Å². The van der Waals surface area contributed by atoms with Crippen LogP contribution in [0.15, 0.2) is 53.1 Å². The van der Waals surface area contributed by atoms with Crippen molar-refractivity contribution >= 4 is 34.2 Å². The molecule has 2 aromatic carbocycles. The summed E-state index contributed by atoms with van der Waals surface area (Å²) in [7, 11) is 1.59. The maximum atomic E-state index is 12.0. The Morgan fingerprint density at radius 1 is 1.20 bits per heavy atom. The highest BCUT2D eigenvalue weighted by Gasteiger charge is 2.13. The maximum Gasteiger partial charge on any atom is 0.227 e. The molecule has 0 aliphatic heterocycles. The van der Waals surface area contributed by atoms with Gasteiger partial charge in [-0.1, -0.05) is 17.3 Å². The molecule has 7 heteroatoms. The van der Waals surface area contributed by atoms with Crippen LogP contribution in [0.25, 0.3) is 11.4 Å². The van der Waals surface area contributed by atoms with Crippen molar-refractivity contribution < 1.29 is 14.1 Å². The molecule has 0 saturated carbocycles. The largest absolute Gasteiger partial charge is 0.496 e. The van der Waals surface area contributed by atoms with Crippen molar-refractivity contribution in [3.05, 3.63) is 58.0 Å². The van der Waals surface area contributed by atoms with Crippen LogP contribution in [0.2, 0.25) is 0 Å². The van der Waals surface area contributed by atoms with Gasteiger partial charge in [0.25, 0.3) is 0 Å². The molecular weight excluding hydrogens is 433 g/mol. The van der Waals surface area contributed by atoms with Gasteiger partial charge in [-0.2, -0.15) is 4.98 Å². The van der Waals surface area contributed by atoms with E-state index in [1.54, 1.807) is 7.11 Å². The molecule has 1 amide bonds. The molecule has 0 fully saturated rings. The number of ether oxygens (including phenoxy) is 1. The summed E-state index contributed by atoms with van der Waals surface area (Å²) in [5.41, 5.74) is 1.52. The van der Waals surface area contributed by atoms with Crippen LogP contribution in [0, 0.1) is 3.57 Å². The highest BCUT2D eigenvalue weighted by molar-refractivity contribution is 14.1. The topological polar surface area (TPSA) is 77.2 Å². The van der Waals surface area contributed by atoms with Gasteiger partial charge in [-0.05, 0) is 59.0 Å². The average Bonchev–Trinajstić information content (AvgIpc) is 3.11. The van der Waals surface area contributed by atoms with Crippen LogP contribution in [0.1, 0.15) is 12.3 Å². The summed E-state index contributed by atoms with van der Waals surface area (Å²) in [6.07, 6.45) is 0.637. The number of rotatable bonds is 6. The van der Waals surface area contributed by atoms with Gasteiger partial charge in [-0.15, -0.1) is 0 Å². The van der Waals surface area contributed by atoms with Crippen molar-refractivity contribution in [1.82, 2.24) is 10.1 Å². The van der Waals surface area contributed by atoms with E-state index in [0.29, 0.717) is 23.9 Å². The van der Waals surface area contributed by atoms with Crippen molar-refractivity contribution in [2.45, 2.75) is 12.8 Å². The van der Waals surface area contributed by atoms with Crippen molar-refractivity contribution in [2.24, 2.45) is 0 Å². The predicted octanol–water partition coefficient (Wildman–Crippen LogP) is 3.92. The lowest BCUT2D eigenvalue weighted by Crippen LogP contribution is -2.12. The van der Waals surface area contributed by atoms with E-state index in [-0.39, 0.29) is 12.3 Å². The normalized spacial score (nSPS) is 10.5. The smallest absolute Gasteiger partial charge is 0.227 e. The van der Waals surface area contributed by atoms with Gasteiger partial charge in [-0.3, -0.25) is 4.79 Å². The summed E-state index contributed by atoms with van der Waals surface area (Å²) in [5.74, 6) is 1.44. The van der Waals surface area contributed by atoms with E-state index in [1.165, 1.54) is 0 Å². The molecule has 25 heavy (non-hydrogen) atoms. The Kier molecular flexibility index (Phi) is 5.64. The molecule has 0 aliphatic rings. The number of aryl methyl sites for hydroxylation is 1. The molecule has 3 rings (SSSR count). The SMILES string of the molecule is COc1ccccc1-c1noc(CCC(=O)Nc2ccc(I)cc2)n1. The summed E-state index contributed by atoms with van der Waals surface area (Å²) >= 11 is 2.22. The van der Waals surface area contributed by atoms with Crippen molar-refractivity contribution in [3.63, 3.8) is 0 Å². The fourth-order valence-electron chi connectivity index (χ4n) is 2.27. The van der Waals surface area contributed by atoms with Gasteiger partial charge in [0.15, 0.2) is 0 Å². The lowest BCUT2D eigenvalue weighted by atomic mass is 10.2. The zero-order valence-corrected chi connectivity index (χ0v) is 15.7. The molecule has 1 N–H and O–H groups in total. The molecule has 0 aliphatic carbocycles. The first kappa shape index (κ1) is 17.4. The first-order chi connectivity index (χ1) is 12.2. The third kappa shape index (κ3) is 4.56. The van der Waals surface area contributed by atoms with E-state index in [9.17, 15) is 4.79 Å². The number of hydrogen-bond donors (Lipinski definition) is 1. The van der Waals surface area contributed by atoms with Crippen LogP contribution in [-0.2, 0) is 11.2 Å². The van der Waals surface area contributed by atoms with Crippen LogP contribution < -0.4 is 10.1 Å². The number of methoxy groups -OCH3 is 1. The monoisotopic (exact) mass is 449 g/mol. The second-order valence-electron chi connectivity index (χ2n) is 5.27. The lowest BCUT2D eigenvalue weighted by Gasteiger charge is -2.04. The summed E-state index contributed by atoms with van der Waals surface area (Å²) in [6.45, 7) is 0. The molecule has 1 aromatic heterocycles. The van der Waals surface area contributed by atoms with Crippen LogP contribution in [0.5, 0.6) is 5.75 Å². The maximum absolute atomic E-state index is 12.0. The number of nitrogens with one attached hydrogen (secondary N) is 1. The highest BCUT2D eigenvalue weighted by Crippen LogP contribution is 2.27. The summed E-state index contributed by atoms with van der Waals surface area (Å²) < 4.78 is 11.6. The molecule has 128 valence electrons. The number of amides is 1. The predicted molar refractivity (Wildman–Crippen MR) is 102 cm³/mol. The van der Waals surface area contributed by atoms with Crippen LogP contribution in [-0.4, -0.2) is 23.2 Å². The molecule has 0 radical (unpaired) electrons. The van der Waals surface area contributed by atoms with E-state index in [4.69, 9.17) is 9.26 Å². The first-order valence-corrected chi connectivity index (χ1v) is 8.75. The summed E-state index contributed by atoms with van der Waals surface area (Å²) in [4.78, 5) is 16.4. The van der Waals surface area contributed by atoms with Gasteiger partial charge in [0.2, 0.25) is 17.6 Å². The fourth-order valence-corrected chi connectivity index (χ4v) is 2.63. The number of benzene rings is 2. The zero-order chi connectivity index (χ0) is 17.6. The summed E-state index contributed by atoms with van der Waals surface area (Å²) in [6, 6.07) is 15.1. The van der Waals surface area contributed by atoms with Gasteiger partial charge in [0.05, 0.1) is 12.7 Å². The fraction of sp³-hybridized carbons (Fsp3) is 0.167. The quantitative estimate of drug-likeness (QED) is 0.578. The van der Waals surface area contributed by atoms with E-state index in [2.05, 4.69) is 38.0 Å². The van der Waals surface area contributed by atoms with E-state index in [0.717, 1.165) is 14.8 Å². The second kappa shape index (κ2) is 8.11.